The van der Waals surface area contributed by atoms with Crippen molar-refractivity contribution in [3.63, 3.8) is 0 Å². The molecule has 1 amide bonds. The SMILES string of the molecule is CCCNc1nccc(SCC(=O)N(C)C)n1. The van der Waals surface area contributed by atoms with Crippen LogP contribution < -0.4 is 5.32 Å². The molecular weight excluding hydrogens is 236 g/mol. The summed E-state index contributed by atoms with van der Waals surface area (Å²) in [5.74, 6) is 1.10. The molecule has 0 saturated carbocycles. The molecule has 5 nitrogen and oxygen atoms in total. The van der Waals surface area contributed by atoms with Gasteiger partial charge in [-0.2, -0.15) is 0 Å². The van der Waals surface area contributed by atoms with E-state index in [-0.39, 0.29) is 5.91 Å². The maximum Gasteiger partial charge on any atom is 0.232 e. The quantitative estimate of drug-likeness (QED) is 0.615. The van der Waals surface area contributed by atoms with E-state index in [1.54, 1.807) is 25.2 Å². The van der Waals surface area contributed by atoms with Gasteiger partial charge in [0.05, 0.1) is 5.75 Å². The zero-order chi connectivity index (χ0) is 12.7. The third-order valence-electron chi connectivity index (χ3n) is 2.01. The Balaban J connectivity index is 2.51. The van der Waals surface area contributed by atoms with Gasteiger partial charge in [0.25, 0.3) is 0 Å². The highest BCUT2D eigenvalue weighted by Gasteiger charge is 2.06. The van der Waals surface area contributed by atoms with Crippen molar-refractivity contribution in [3.05, 3.63) is 12.3 Å². The van der Waals surface area contributed by atoms with Crippen molar-refractivity contribution in [3.8, 4) is 0 Å². The van der Waals surface area contributed by atoms with Crippen molar-refractivity contribution in [1.82, 2.24) is 14.9 Å². The van der Waals surface area contributed by atoms with Gasteiger partial charge in [0.15, 0.2) is 0 Å². The highest BCUT2D eigenvalue weighted by molar-refractivity contribution is 7.99. The summed E-state index contributed by atoms with van der Waals surface area (Å²) in [7, 11) is 3.49. The lowest BCUT2D eigenvalue weighted by molar-refractivity contribution is -0.125. The van der Waals surface area contributed by atoms with Gasteiger partial charge in [-0.15, -0.1) is 0 Å². The number of nitrogens with one attached hydrogen (secondary N) is 1. The van der Waals surface area contributed by atoms with E-state index in [1.165, 1.54) is 11.8 Å². The molecule has 0 radical (unpaired) electrons. The van der Waals surface area contributed by atoms with E-state index in [9.17, 15) is 4.79 Å². The Hall–Kier alpha value is -1.30. The maximum atomic E-state index is 11.4. The topological polar surface area (TPSA) is 58.1 Å². The Morgan fingerprint density at radius 1 is 1.53 bits per heavy atom. The lowest BCUT2D eigenvalue weighted by atomic mass is 10.5. The fourth-order valence-electron chi connectivity index (χ4n) is 1.01. The minimum absolute atomic E-state index is 0.0803. The van der Waals surface area contributed by atoms with Crippen molar-refractivity contribution >= 4 is 23.6 Å². The first-order valence-electron chi connectivity index (χ1n) is 5.53. The molecule has 1 aromatic heterocycles. The number of nitrogens with zero attached hydrogens (tertiary/aromatic N) is 3. The predicted molar refractivity (Wildman–Crippen MR) is 70.2 cm³/mol. The number of hydrogen-bond donors (Lipinski definition) is 1. The lowest BCUT2D eigenvalue weighted by Crippen LogP contribution is -2.23. The molecule has 0 unspecified atom stereocenters. The largest absolute Gasteiger partial charge is 0.354 e. The number of hydrogen-bond acceptors (Lipinski definition) is 5. The van der Waals surface area contributed by atoms with Crippen LogP contribution in [0.2, 0.25) is 0 Å². The number of aromatic nitrogens is 2. The van der Waals surface area contributed by atoms with E-state index in [2.05, 4.69) is 22.2 Å². The van der Waals surface area contributed by atoms with Gasteiger partial charge in [0, 0.05) is 26.8 Å². The number of anilines is 1. The Bertz CT molecular complexity index is 370. The van der Waals surface area contributed by atoms with Crippen molar-refractivity contribution in [2.45, 2.75) is 18.4 Å². The molecule has 0 fully saturated rings. The van der Waals surface area contributed by atoms with Crippen molar-refractivity contribution < 1.29 is 4.79 Å². The van der Waals surface area contributed by atoms with Gasteiger partial charge >= 0.3 is 0 Å². The zero-order valence-electron chi connectivity index (χ0n) is 10.4. The average molecular weight is 254 g/mol. The molecule has 17 heavy (non-hydrogen) atoms. The van der Waals surface area contributed by atoms with Gasteiger partial charge in [-0.05, 0) is 12.5 Å². The zero-order valence-corrected chi connectivity index (χ0v) is 11.3. The Morgan fingerprint density at radius 3 is 2.94 bits per heavy atom. The van der Waals surface area contributed by atoms with Crippen molar-refractivity contribution in [2.75, 3.05) is 31.7 Å². The van der Waals surface area contributed by atoms with E-state index in [1.807, 2.05) is 6.07 Å². The van der Waals surface area contributed by atoms with Crippen LogP contribution in [-0.2, 0) is 4.79 Å². The van der Waals surface area contributed by atoms with E-state index in [0.29, 0.717) is 11.7 Å². The molecule has 0 aliphatic heterocycles. The molecule has 6 heteroatoms. The Morgan fingerprint density at radius 2 is 2.29 bits per heavy atom. The molecule has 1 N–H and O–H groups in total. The number of carbonyl (C=O) groups excluding carboxylic acids is 1. The summed E-state index contributed by atoms with van der Waals surface area (Å²) >= 11 is 1.42. The van der Waals surface area contributed by atoms with Gasteiger partial charge in [-0.25, -0.2) is 9.97 Å². The van der Waals surface area contributed by atoms with Crippen LogP contribution in [-0.4, -0.2) is 47.2 Å². The van der Waals surface area contributed by atoms with Crippen molar-refractivity contribution in [1.29, 1.82) is 0 Å². The van der Waals surface area contributed by atoms with Crippen LogP contribution in [0.25, 0.3) is 0 Å². The highest BCUT2D eigenvalue weighted by Crippen LogP contribution is 2.16. The number of carbonyl (C=O) groups is 1. The first kappa shape index (κ1) is 13.8. The molecule has 0 atom stereocenters. The fraction of sp³-hybridized carbons (Fsp3) is 0.545. The lowest BCUT2D eigenvalue weighted by Gasteiger charge is -2.09. The van der Waals surface area contributed by atoms with Gasteiger partial charge in [0.1, 0.15) is 5.03 Å². The summed E-state index contributed by atoms with van der Waals surface area (Å²) in [5.41, 5.74) is 0. The summed E-state index contributed by atoms with van der Waals surface area (Å²) in [4.78, 5) is 21.4. The van der Waals surface area contributed by atoms with Crippen LogP contribution in [0.4, 0.5) is 5.95 Å². The Labute approximate surface area is 106 Å². The van der Waals surface area contributed by atoms with Crippen molar-refractivity contribution in [2.24, 2.45) is 0 Å². The van der Waals surface area contributed by atoms with Crippen LogP contribution in [0.5, 0.6) is 0 Å². The van der Waals surface area contributed by atoms with Gasteiger partial charge in [-0.1, -0.05) is 18.7 Å². The average Bonchev–Trinajstić information content (AvgIpc) is 2.33. The summed E-state index contributed by atoms with van der Waals surface area (Å²) in [6, 6.07) is 1.81. The van der Waals surface area contributed by atoms with Gasteiger partial charge < -0.3 is 10.2 Å². The first-order chi connectivity index (χ1) is 8.13. The number of amides is 1. The van der Waals surface area contributed by atoms with Crippen LogP contribution in [0.1, 0.15) is 13.3 Å². The molecule has 0 spiro atoms. The summed E-state index contributed by atoms with van der Waals surface area (Å²) in [5, 5.41) is 3.93. The first-order valence-corrected chi connectivity index (χ1v) is 6.52. The summed E-state index contributed by atoms with van der Waals surface area (Å²) in [6.07, 6.45) is 2.73. The number of thioether (sulfide) groups is 1. The van der Waals surface area contributed by atoms with Crippen LogP contribution in [0.15, 0.2) is 17.3 Å². The summed E-state index contributed by atoms with van der Waals surface area (Å²) in [6.45, 7) is 2.94. The second-order valence-corrected chi connectivity index (χ2v) is 4.72. The molecule has 0 aliphatic carbocycles. The van der Waals surface area contributed by atoms with Crippen LogP contribution >= 0.6 is 11.8 Å². The molecule has 1 heterocycles. The third kappa shape index (κ3) is 5.04. The predicted octanol–water partition coefficient (Wildman–Crippen LogP) is 1.48. The minimum atomic E-state index is 0.0803. The molecule has 0 aliphatic rings. The highest BCUT2D eigenvalue weighted by atomic mass is 32.2. The van der Waals surface area contributed by atoms with E-state index >= 15 is 0 Å². The third-order valence-corrected chi connectivity index (χ3v) is 2.92. The standard InChI is InChI=1S/C11H18N4OS/c1-4-6-12-11-13-7-5-9(14-11)17-8-10(16)15(2)3/h5,7H,4,6,8H2,1-3H3,(H,12,13,14). The maximum absolute atomic E-state index is 11.4. The number of rotatable bonds is 6. The monoisotopic (exact) mass is 254 g/mol. The minimum Gasteiger partial charge on any atom is -0.354 e. The Kier molecular flexibility index (Phi) is 5.76. The van der Waals surface area contributed by atoms with E-state index in [0.717, 1.165) is 18.0 Å². The van der Waals surface area contributed by atoms with Crippen LogP contribution in [0.3, 0.4) is 0 Å². The normalized spacial score (nSPS) is 10.1. The van der Waals surface area contributed by atoms with Crippen LogP contribution in [0, 0.1) is 0 Å². The molecule has 0 saturated heterocycles. The fourth-order valence-corrected chi connectivity index (χ4v) is 1.85. The van der Waals surface area contributed by atoms with E-state index < -0.39 is 0 Å². The van der Waals surface area contributed by atoms with E-state index in [4.69, 9.17) is 0 Å². The summed E-state index contributed by atoms with van der Waals surface area (Å²) < 4.78 is 0. The van der Waals surface area contributed by atoms with Gasteiger partial charge in [0.2, 0.25) is 11.9 Å². The second-order valence-electron chi connectivity index (χ2n) is 3.72. The molecule has 1 aromatic rings. The molecule has 0 aromatic carbocycles. The molecular formula is C11H18N4OS. The smallest absolute Gasteiger partial charge is 0.232 e. The van der Waals surface area contributed by atoms with Gasteiger partial charge in [-0.3, -0.25) is 4.79 Å². The molecule has 94 valence electrons. The second kappa shape index (κ2) is 7.11. The molecule has 0 bridgehead atoms. The molecule has 1 rings (SSSR count).